The molecule has 2 rings (SSSR count). The molecule has 0 aliphatic carbocycles. The quantitative estimate of drug-likeness (QED) is 0.911. The molecule has 0 amide bonds. The van der Waals surface area contributed by atoms with Gasteiger partial charge in [-0.1, -0.05) is 12.1 Å². The van der Waals surface area contributed by atoms with Crippen LogP contribution < -0.4 is 0 Å². The molecule has 1 aliphatic heterocycles. The van der Waals surface area contributed by atoms with Crippen LogP contribution in [0.3, 0.4) is 0 Å². The van der Waals surface area contributed by atoms with Crippen molar-refractivity contribution in [3.05, 3.63) is 28.2 Å². The van der Waals surface area contributed by atoms with E-state index in [0.717, 1.165) is 42.7 Å². The topological polar surface area (TPSA) is 32.7 Å². The van der Waals surface area contributed by atoms with Gasteiger partial charge in [0.25, 0.3) is 0 Å². The lowest BCUT2D eigenvalue weighted by Gasteiger charge is -2.22. The first kappa shape index (κ1) is 12.9. The number of ether oxygens (including phenoxy) is 1. The molecular formula is C13H18BrNO2. The Morgan fingerprint density at radius 2 is 2.35 bits per heavy atom. The smallest absolute Gasteiger partial charge is 0.134 e. The van der Waals surface area contributed by atoms with Crippen molar-refractivity contribution < 1.29 is 9.84 Å². The minimum atomic E-state index is 0.270. The number of nitrogens with zero attached hydrogens (tertiary/aromatic N) is 1. The van der Waals surface area contributed by atoms with Crippen LogP contribution in [0.1, 0.15) is 18.9 Å². The Balaban J connectivity index is 2.06. The fourth-order valence-electron chi connectivity index (χ4n) is 2.15. The first-order chi connectivity index (χ1) is 8.16. The Morgan fingerprint density at radius 1 is 1.53 bits per heavy atom. The molecule has 1 heterocycles. The zero-order valence-electron chi connectivity index (χ0n) is 10.0. The zero-order chi connectivity index (χ0) is 12.3. The summed E-state index contributed by atoms with van der Waals surface area (Å²) in [5.41, 5.74) is 0.966. The lowest BCUT2D eigenvalue weighted by Crippen LogP contribution is -2.29. The third-order valence-corrected chi connectivity index (χ3v) is 3.64. The third-order valence-electron chi connectivity index (χ3n) is 3.00. The van der Waals surface area contributed by atoms with Gasteiger partial charge in [-0.3, -0.25) is 4.90 Å². The Hall–Kier alpha value is -0.580. The van der Waals surface area contributed by atoms with Crippen LogP contribution in [0.4, 0.5) is 0 Å². The van der Waals surface area contributed by atoms with E-state index in [1.165, 1.54) is 0 Å². The standard InChI is InChI=1S/C13H18BrNO2/c1-10-8-15(6-3-7-17-10)9-11-4-2-5-12(14)13(11)16/h2,4-5,10,16H,3,6-9H2,1H3. The van der Waals surface area contributed by atoms with Crippen molar-refractivity contribution in [2.45, 2.75) is 26.0 Å². The van der Waals surface area contributed by atoms with Crippen molar-refractivity contribution in [2.24, 2.45) is 0 Å². The number of benzene rings is 1. The van der Waals surface area contributed by atoms with Gasteiger partial charge in [0.2, 0.25) is 0 Å². The van der Waals surface area contributed by atoms with Crippen LogP contribution in [0.25, 0.3) is 0 Å². The first-order valence-corrected chi connectivity index (χ1v) is 6.76. The SMILES string of the molecule is CC1CN(Cc2cccc(Br)c2O)CCCO1. The van der Waals surface area contributed by atoms with Gasteiger partial charge in [0.15, 0.2) is 0 Å². The maximum atomic E-state index is 9.96. The molecule has 1 fully saturated rings. The van der Waals surface area contributed by atoms with E-state index in [1.807, 2.05) is 18.2 Å². The molecule has 94 valence electrons. The Morgan fingerprint density at radius 3 is 3.18 bits per heavy atom. The molecular weight excluding hydrogens is 282 g/mol. The Labute approximate surface area is 111 Å². The van der Waals surface area contributed by atoms with Gasteiger partial charge in [-0.2, -0.15) is 0 Å². The molecule has 0 radical (unpaired) electrons. The van der Waals surface area contributed by atoms with Gasteiger partial charge in [0.05, 0.1) is 10.6 Å². The minimum Gasteiger partial charge on any atom is -0.506 e. The molecule has 1 atom stereocenters. The van der Waals surface area contributed by atoms with Crippen LogP contribution in [0.5, 0.6) is 5.75 Å². The zero-order valence-corrected chi connectivity index (χ0v) is 11.6. The molecule has 1 aliphatic rings. The molecule has 0 spiro atoms. The Bertz CT molecular complexity index is 384. The fourth-order valence-corrected chi connectivity index (χ4v) is 2.56. The summed E-state index contributed by atoms with van der Waals surface area (Å²) in [5.74, 6) is 0.352. The number of para-hydroxylation sites is 1. The van der Waals surface area contributed by atoms with E-state index >= 15 is 0 Å². The van der Waals surface area contributed by atoms with Crippen molar-refractivity contribution in [3.8, 4) is 5.75 Å². The molecule has 1 saturated heterocycles. The number of halogens is 1. The van der Waals surface area contributed by atoms with Crippen LogP contribution >= 0.6 is 15.9 Å². The van der Waals surface area contributed by atoms with E-state index in [2.05, 4.69) is 27.8 Å². The number of hydrogen-bond donors (Lipinski definition) is 1. The molecule has 1 N–H and O–H groups in total. The van der Waals surface area contributed by atoms with Gasteiger partial charge in [0, 0.05) is 31.8 Å². The number of aromatic hydroxyl groups is 1. The highest BCUT2D eigenvalue weighted by atomic mass is 79.9. The predicted molar refractivity (Wildman–Crippen MR) is 71.1 cm³/mol. The first-order valence-electron chi connectivity index (χ1n) is 5.97. The van der Waals surface area contributed by atoms with E-state index in [9.17, 15) is 5.11 Å². The molecule has 1 aromatic rings. The second kappa shape index (κ2) is 5.85. The normalized spacial score (nSPS) is 22.4. The van der Waals surface area contributed by atoms with Gasteiger partial charge in [-0.05, 0) is 35.3 Å². The highest BCUT2D eigenvalue weighted by Crippen LogP contribution is 2.28. The van der Waals surface area contributed by atoms with Gasteiger partial charge < -0.3 is 9.84 Å². The summed E-state index contributed by atoms with van der Waals surface area (Å²) in [6.07, 6.45) is 1.32. The summed E-state index contributed by atoms with van der Waals surface area (Å²) in [7, 11) is 0. The maximum Gasteiger partial charge on any atom is 0.134 e. The maximum absolute atomic E-state index is 9.96. The summed E-state index contributed by atoms with van der Waals surface area (Å²) in [6.45, 7) is 5.66. The van der Waals surface area contributed by atoms with Gasteiger partial charge in [-0.25, -0.2) is 0 Å². The average Bonchev–Trinajstić information content (AvgIpc) is 2.49. The number of phenols is 1. The van der Waals surface area contributed by atoms with Crippen LogP contribution in [0, 0.1) is 0 Å². The summed E-state index contributed by atoms with van der Waals surface area (Å²) < 4.78 is 6.37. The van der Waals surface area contributed by atoms with Crippen LogP contribution in [0.2, 0.25) is 0 Å². The van der Waals surface area contributed by atoms with Crippen LogP contribution in [0.15, 0.2) is 22.7 Å². The van der Waals surface area contributed by atoms with Crippen LogP contribution in [-0.4, -0.2) is 35.8 Å². The highest BCUT2D eigenvalue weighted by molar-refractivity contribution is 9.10. The largest absolute Gasteiger partial charge is 0.506 e. The van der Waals surface area contributed by atoms with Crippen molar-refractivity contribution in [3.63, 3.8) is 0 Å². The Kier molecular flexibility index (Phi) is 4.42. The van der Waals surface area contributed by atoms with E-state index < -0.39 is 0 Å². The molecule has 0 bridgehead atoms. The second-order valence-corrected chi connectivity index (χ2v) is 5.37. The summed E-state index contributed by atoms with van der Waals surface area (Å²) in [5, 5.41) is 9.96. The van der Waals surface area contributed by atoms with E-state index in [0.29, 0.717) is 5.75 Å². The van der Waals surface area contributed by atoms with Gasteiger partial charge in [-0.15, -0.1) is 0 Å². The summed E-state index contributed by atoms with van der Waals surface area (Å²) in [4.78, 5) is 2.33. The van der Waals surface area contributed by atoms with Crippen molar-refractivity contribution in [1.82, 2.24) is 4.90 Å². The number of rotatable bonds is 2. The second-order valence-electron chi connectivity index (χ2n) is 4.52. The highest BCUT2D eigenvalue weighted by Gasteiger charge is 2.16. The lowest BCUT2D eigenvalue weighted by atomic mass is 10.2. The van der Waals surface area contributed by atoms with Gasteiger partial charge in [0.1, 0.15) is 5.75 Å². The number of hydrogen-bond acceptors (Lipinski definition) is 3. The average molecular weight is 300 g/mol. The molecule has 0 aromatic heterocycles. The molecule has 17 heavy (non-hydrogen) atoms. The predicted octanol–water partition coefficient (Wildman–Crippen LogP) is 2.77. The van der Waals surface area contributed by atoms with Gasteiger partial charge >= 0.3 is 0 Å². The van der Waals surface area contributed by atoms with E-state index in [1.54, 1.807) is 0 Å². The number of phenolic OH excluding ortho intramolecular Hbond substituents is 1. The third kappa shape index (κ3) is 3.44. The minimum absolute atomic E-state index is 0.270. The fraction of sp³-hybridized carbons (Fsp3) is 0.538. The van der Waals surface area contributed by atoms with E-state index in [4.69, 9.17) is 4.74 Å². The molecule has 4 heteroatoms. The molecule has 1 aromatic carbocycles. The molecule has 3 nitrogen and oxygen atoms in total. The summed E-state index contributed by atoms with van der Waals surface area (Å²) >= 11 is 3.34. The molecule has 0 saturated carbocycles. The summed E-state index contributed by atoms with van der Waals surface area (Å²) in [6, 6.07) is 5.78. The van der Waals surface area contributed by atoms with Crippen molar-refractivity contribution in [2.75, 3.05) is 19.7 Å². The monoisotopic (exact) mass is 299 g/mol. The van der Waals surface area contributed by atoms with Crippen molar-refractivity contribution in [1.29, 1.82) is 0 Å². The van der Waals surface area contributed by atoms with Crippen molar-refractivity contribution >= 4 is 15.9 Å². The lowest BCUT2D eigenvalue weighted by molar-refractivity contribution is 0.0667. The van der Waals surface area contributed by atoms with E-state index in [-0.39, 0.29) is 6.10 Å². The van der Waals surface area contributed by atoms with Crippen LogP contribution in [-0.2, 0) is 11.3 Å². The molecule has 1 unspecified atom stereocenters.